The molecule has 0 radical (unpaired) electrons. The van der Waals surface area contributed by atoms with Crippen molar-refractivity contribution >= 4 is 5.71 Å². The van der Waals surface area contributed by atoms with Crippen molar-refractivity contribution in [3.8, 4) is 0 Å². The Labute approximate surface area is 67.0 Å². The molecular formula is C7H15N3O. The van der Waals surface area contributed by atoms with Crippen LogP contribution in [0.2, 0.25) is 0 Å². The van der Waals surface area contributed by atoms with Crippen LogP contribution < -0.4 is 5.73 Å². The van der Waals surface area contributed by atoms with Crippen LogP contribution in [0.1, 0.15) is 6.92 Å². The molecule has 4 nitrogen and oxygen atoms in total. The van der Waals surface area contributed by atoms with Crippen LogP contribution in [0.25, 0.3) is 0 Å². The van der Waals surface area contributed by atoms with Crippen molar-refractivity contribution in [1.82, 2.24) is 4.90 Å². The third-order valence-corrected chi connectivity index (χ3v) is 1.92. The van der Waals surface area contributed by atoms with Gasteiger partial charge in [-0.15, -0.1) is 0 Å². The van der Waals surface area contributed by atoms with E-state index in [9.17, 15) is 0 Å². The normalized spacial score (nSPS) is 29.7. The van der Waals surface area contributed by atoms with Crippen molar-refractivity contribution in [2.45, 2.75) is 13.0 Å². The van der Waals surface area contributed by atoms with Crippen LogP contribution in [-0.2, 0) is 4.84 Å². The van der Waals surface area contributed by atoms with Crippen molar-refractivity contribution in [2.24, 2.45) is 10.9 Å². The minimum Gasteiger partial charge on any atom is -0.399 e. The maximum atomic E-state index is 5.78. The SMILES string of the molecule is CCN1C/C(=N\OC)C(N)C1. The van der Waals surface area contributed by atoms with Gasteiger partial charge in [0, 0.05) is 13.1 Å². The minimum atomic E-state index is 0.0647. The second-order valence-corrected chi connectivity index (χ2v) is 2.70. The smallest absolute Gasteiger partial charge is 0.106 e. The van der Waals surface area contributed by atoms with E-state index in [4.69, 9.17) is 5.73 Å². The molecule has 1 heterocycles. The van der Waals surface area contributed by atoms with Crippen LogP contribution in [0, 0.1) is 0 Å². The summed E-state index contributed by atoms with van der Waals surface area (Å²) in [7, 11) is 1.55. The van der Waals surface area contributed by atoms with Gasteiger partial charge in [0.15, 0.2) is 0 Å². The number of oxime groups is 1. The lowest BCUT2D eigenvalue weighted by Gasteiger charge is -2.08. The summed E-state index contributed by atoms with van der Waals surface area (Å²) in [6, 6.07) is 0.0647. The second kappa shape index (κ2) is 3.69. The lowest BCUT2D eigenvalue weighted by molar-refractivity contribution is 0.212. The molecule has 0 saturated carbocycles. The third kappa shape index (κ3) is 1.91. The molecule has 1 saturated heterocycles. The van der Waals surface area contributed by atoms with Gasteiger partial charge in [-0.1, -0.05) is 12.1 Å². The fraction of sp³-hybridized carbons (Fsp3) is 0.857. The molecule has 2 N–H and O–H groups in total. The molecule has 0 aliphatic carbocycles. The van der Waals surface area contributed by atoms with Gasteiger partial charge in [0.2, 0.25) is 0 Å². The monoisotopic (exact) mass is 157 g/mol. The van der Waals surface area contributed by atoms with Gasteiger partial charge in [-0.05, 0) is 6.54 Å². The van der Waals surface area contributed by atoms with E-state index in [1.54, 1.807) is 7.11 Å². The Hall–Kier alpha value is -0.610. The Morgan fingerprint density at radius 1 is 1.82 bits per heavy atom. The molecule has 1 rings (SSSR count). The lowest BCUT2D eigenvalue weighted by Crippen LogP contribution is -2.29. The summed E-state index contributed by atoms with van der Waals surface area (Å²) < 4.78 is 0. The van der Waals surface area contributed by atoms with Gasteiger partial charge in [-0.3, -0.25) is 4.90 Å². The number of nitrogens with zero attached hydrogens (tertiary/aromatic N) is 2. The highest BCUT2D eigenvalue weighted by Crippen LogP contribution is 2.04. The quantitative estimate of drug-likeness (QED) is 0.557. The highest BCUT2D eigenvalue weighted by Gasteiger charge is 2.24. The van der Waals surface area contributed by atoms with Crippen molar-refractivity contribution < 1.29 is 4.84 Å². The van der Waals surface area contributed by atoms with E-state index in [2.05, 4.69) is 21.8 Å². The van der Waals surface area contributed by atoms with Gasteiger partial charge >= 0.3 is 0 Å². The van der Waals surface area contributed by atoms with Crippen molar-refractivity contribution in [3.63, 3.8) is 0 Å². The number of likely N-dealkylation sites (N-methyl/N-ethyl adjacent to an activating group) is 1. The molecule has 4 heteroatoms. The zero-order chi connectivity index (χ0) is 8.27. The molecule has 1 aliphatic rings. The van der Waals surface area contributed by atoms with Crippen LogP contribution in [0.4, 0.5) is 0 Å². The summed E-state index contributed by atoms with van der Waals surface area (Å²) in [6.45, 7) is 4.89. The summed E-state index contributed by atoms with van der Waals surface area (Å²) in [4.78, 5) is 6.91. The number of hydrogen-bond acceptors (Lipinski definition) is 4. The second-order valence-electron chi connectivity index (χ2n) is 2.70. The van der Waals surface area contributed by atoms with Crippen LogP contribution in [0.15, 0.2) is 5.16 Å². The van der Waals surface area contributed by atoms with E-state index >= 15 is 0 Å². The Morgan fingerprint density at radius 3 is 3.00 bits per heavy atom. The summed E-state index contributed by atoms with van der Waals surface area (Å²) >= 11 is 0. The van der Waals surface area contributed by atoms with Crippen molar-refractivity contribution in [2.75, 3.05) is 26.7 Å². The van der Waals surface area contributed by atoms with Crippen LogP contribution in [-0.4, -0.2) is 43.4 Å². The number of likely N-dealkylation sites (tertiary alicyclic amines) is 1. The molecule has 1 aliphatic heterocycles. The average Bonchev–Trinajstić information content (AvgIpc) is 2.33. The van der Waals surface area contributed by atoms with Crippen LogP contribution >= 0.6 is 0 Å². The number of rotatable bonds is 2. The van der Waals surface area contributed by atoms with Gasteiger partial charge < -0.3 is 10.6 Å². The molecule has 0 aromatic rings. The maximum absolute atomic E-state index is 5.78. The fourth-order valence-electron chi connectivity index (χ4n) is 1.25. The first-order valence-electron chi connectivity index (χ1n) is 3.85. The zero-order valence-electron chi connectivity index (χ0n) is 7.08. The zero-order valence-corrected chi connectivity index (χ0v) is 7.08. The molecule has 0 spiro atoms. The Kier molecular flexibility index (Phi) is 2.84. The maximum Gasteiger partial charge on any atom is 0.106 e. The first-order chi connectivity index (χ1) is 5.27. The van der Waals surface area contributed by atoms with E-state index in [1.165, 1.54) is 0 Å². The van der Waals surface area contributed by atoms with Gasteiger partial charge in [0.25, 0.3) is 0 Å². The molecular weight excluding hydrogens is 142 g/mol. The average molecular weight is 157 g/mol. The van der Waals surface area contributed by atoms with Crippen molar-refractivity contribution in [1.29, 1.82) is 0 Å². The predicted molar refractivity (Wildman–Crippen MR) is 44.5 cm³/mol. The number of hydrogen-bond donors (Lipinski definition) is 1. The molecule has 1 unspecified atom stereocenters. The molecule has 0 amide bonds. The molecule has 11 heavy (non-hydrogen) atoms. The Balaban J connectivity index is 2.51. The molecule has 0 aromatic carbocycles. The standard InChI is InChI=1S/C7H15N3O/c1-3-10-4-6(8)7(5-10)9-11-2/h6H,3-5,8H2,1-2H3/b9-7+. The highest BCUT2D eigenvalue weighted by molar-refractivity contribution is 5.92. The van der Waals surface area contributed by atoms with Crippen molar-refractivity contribution in [3.05, 3.63) is 0 Å². The van der Waals surface area contributed by atoms with E-state index in [0.717, 1.165) is 25.3 Å². The summed E-state index contributed by atoms with van der Waals surface area (Å²) in [5.41, 5.74) is 6.73. The third-order valence-electron chi connectivity index (χ3n) is 1.92. The van der Waals surface area contributed by atoms with Crippen LogP contribution in [0.5, 0.6) is 0 Å². The molecule has 64 valence electrons. The summed E-state index contributed by atoms with van der Waals surface area (Å²) in [5, 5.41) is 3.85. The predicted octanol–water partition coefficient (Wildman–Crippen LogP) is -0.348. The summed E-state index contributed by atoms with van der Waals surface area (Å²) in [5.74, 6) is 0. The Morgan fingerprint density at radius 2 is 2.55 bits per heavy atom. The van der Waals surface area contributed by atoms with E-state index in [1.807, 2.05) is 0 Å². The van der Waals surface area contributed by atoms with Crippen LogP contribution in [0.3, 0.4) is 0 Å². The highest BCUT2D eigenvalue weighted by atomic mass is 16.6. The molecule has 1 atom stereocenters. The minimum absolute atomic E-state index is 0.0647. The van der Waals surface area contributed by atoms with E-state index < -0.39 is 0 Å². The topological polar surface area (TPSA) is 50.8 Å². The first kappa shape index (κ1) is 8.49. The fourth-order valence-corrected chi connectivity index (χ4v) is 1.25. The largest absolute Gasteiger partial charge is 0.399 e. The molecule has 1 fully saturated rings. The van der Waals surface area contributed by atoms with Gasteiger partial charge in [0.1, 0.15) is 7.11 Å². The lowest BCUT2D eigenvalue weighted by atomic mass is 10.2. The number of nitrogens with two attached hydrogens (primary N) is 1. The Bertz CT molecular complexity index is 158. The molecule has 0 bridgehead atoms. The summed E-state index contributed by atoms with van der Waals surface area (Å²) in [6.07, 6.45) is 0. The first-order valence-corrected chi connectivity index (χ1v) is 3.85. The van der Waals surface area contributed by atoms with Gasteiger partial charge in [-0.2, -0.15) is 0 Å². The van der Waals surface area contributed by atoms with Gasteiger partial charge in [0.05, 0.1) is 11.8 Å². The van der Waals surface area contributed by atoms with Gasteiger partial charge in [-0.25, -0.2) is 0 Å². The molecule has 0 aromatic heterocycles. The van der Waals surface area contributed by atoms with E-state index in [0.29, 0.717) is 0 Å². The van der Waals surface area contributed by atoms with E-state index in [-0.39, 0.29) is 6.04 Å².